The summed E-state index contributed by atoms with van der Waals surface area (Å²) < 4.78 is 0.405. The molecule has 0 heterocycles. The lowest BCUT2D eigenvalue weighted by molar-refractivity contribution is -0.385. The largest absolute Gasteiger partial charge is 0.399 e. The molecule has 0 amide bonds. The zero-order chi connectivity index (χ0) is 8.43. The van der Waals surface area contributed by atoms with Crippen molar-refractivity contribution in [1.29, 1.82) is 0 Å². The molecule has 0 spiro atoms. The van der Waals surface area contributed by atoms with E-state index in [0.29, 0.717) is 10.2 Å². The van der Waals surface area contributed by atoms with Gasteiger partial charge in [-0.3, -0.25) is 10.1 Å². The Morgan fingerprint density at radius 2 is 2.18 bits per heavy atom. The van der Waals surface area contributed by atoms with Crippen molar-refractivity contribution >= 4 is 27.3 Å². The minimum absolute atomic E-state index is 0.0270. The highest BCUT2D eigenvalue weighted by Gasteiger charge is 2.09. The fourth-order valence-electron chi connectivity index (χ4n) is 0.671. The first-order valence-electron chi connectivity index (χ1n) is 2.80. The van der Waals surface area contributed by atoms with E-state index in [4.69, 9.17) is 5.73 Å². The first-order valence-corrected chi connectivity index (χ1v) is 3.60. The Hall–Kier alpha value is -1.10. The highest BCUT2D eigenvalue weighted by atomic mass is 79.9. The summed E-state index contributed by atoms with van der Waals surface area (Å²) in [5.74, 6) is 0. The molecule has 58 valence electrons. The van der Waals surface area contributed by atoms with E-state index in [2.05, 4.69) is 15.9 Å². The van der Waals surface area contributed by atoms with Gasteiger partial charge < -0.3 is 5.73 Å². The lowest BCUT2D eigenvalue weighted by atomic mass is 10.3. The number of nitro groups is 1. The summed E-state index contributed by atoms with van der Waals surface area (Å²) in [7, 11) is 0. The Labute approximate surface area is 71.3 Å². The molecule has 1 aromatic carbocycles. The van der Waals surface area contributed by atoms with E-state index in [9.17, 15) is 10.1 Å². The normalized spacial score (nSPS) is 9.55. The van der Waals surface area contributed by atoms with Crippen molar-refractivity contribution in [2.75, 3.05) is 5.73 Å². The van der Waals surface area contributed by atoms with Gasteiger partial charge in [0.1, 0.15) is 0 Å². The van der Waals surface area contributed by atoms with Crippen LogP contribution >= 0.6 is 15.9 Å². The molecule has 1 rings (SSSR count). The number of nitrogens with two attached hydrogens (primary N) is 1. The van der Waals surface area contributed by atoms with E-state index in [-0.39, 0.29) is 5.69 Å². The van der Waals surface area contributed by atoms with Gasteiger partial charge in [-0.25, -0.2) is 0 Å². The molecule has 1 aromatic rings. The highest BCUT2D eigenvalue weighted by Crippen LogP contribution is 2.25. The molecular formula is C6H5BrN2O2. The second-order valence-corrected chi connectivity index (χ2v) is 2.82. The van der Waals surface area contributed by atoms with Gasteiger partial charge >= 0.3 is 0 Å². The summed E-state index contributed by atoms with van der Waals surface area (Å²) >= 11 is 3.03. The van der Waals surface area contributed by atoms with E-state index in [1.807, 2.05) is 0 Å². The summed E-state index contributed by atoms with van der Waals surface area (Å²) in [4.78, 5) is 9.80. The summed E-state index contributed by atoms with van der Waals surface area (Å²) in [5, 5.41) is 10.3. The molecule has 0 aromatic heterocycles. The molecule has 0 fully saturated rings. The average Bonchev–Trinajstić information content (AvgIpc) is 1.85. The Balaban J connectivity index is 3.20. The fourth-order valence-corrected chi connectivity index (χ4v) is 1.21. The second-order valence-electron chi connectivity index (χ2n) is 1.97. The van der Waals surface area contributed by atoms with Crippen molar-refractivity contribution in [3.8, 4) is 0 Å². The molecule has 0 saturated carbocycles. The van der Waals surface area contributed by atoms with Crippen LogP contribution in [-0.2, 0) is 0 Å². The Morgan fingerprint density at radius 3 is 2.64 bits per heavy atom. The molecule has 0 aliphatic carbocycles. The Bertz CT molecular complexity index is 301. The van der Waals surface area contributed by atoms with Gasteiger partial charge in [0, 0.05) is 11.8 Å². The van der Waals surface area contributed by atoms with E-state index in [1.54, 1.807) is 0 Å². The van der Waals surface area contributed by atoms with E-state index in [1.165, 1.54) is 18.2 Å². The number of benzene rings is 1. The topological polar surface area (TPSA) is 69.2 Å². The summed E-state index contributed by atoms with van der Waals surface area (Å²) in [6, 6.07) is 4.35. The van der Waals surface area contributed by atoms with Crippen LogP contribution in [0.1, 0.15) is 0 Å². The van der Waals surface area contributed by atoms with E-state index < -0.39 is 4.92 Å². The molecule has 0 atom stereocenters. The Morgan fingerprint density at radius 1 is 1.55 bits per heavy atom. The van der Waals surface area contributed by atoms with Crippen LogP contribution in [0.25, 0.3) is 0 Å². The molecule has 0 bridgehead atoms. The van der Waals surface area contributed by atoms with Gasteiger partial charge in [0.2, 0.25) is 0 Å². The molecular weight excluding hydrogens is 212 g/mol. The smallest absolute Gasteiger partial charge is 0.283 e. The van der Waals surface area contributed by atoms with Crippen molar-refractivity contribution in [1.82, 2.24) is 0 Å². The maximum absolute atomic E-state index is 10.3. The van der Waals surface area contributed by atoms with Crippen molar-refractivity contribution < 1.29 is 4.92 Å². The lowest BCUT2D eigenvalue weighted by Gasteiger charge is -1.95. The van der Waals surface area contributed by atoms with E-state index >= 15 is 0 Å². The summed E-state index contributed by atoms with van der Waals surface area (Å²) in [5.41, 5.74) is 5.90. The van der Waals surface area contributed by atoms with Crippen LogP contribution in [0.3, 0.4) is 0 Å². The number of hydrogen-bond acceptors (Lipinski definition) is 3. The predicted octanol–water partition coefficient (Wildman–Crippen LogP) is 1.94. The first-order chi connectivity index (χ1) is 5.11. The van der Waals surface area contributed by atoms with Gasteiger partial charge in [-0.2, -0.15) is 0 Å². The van der Waals surface area contributed by atoms with Crippen LogP contribution in [-0.4, -0.2) is 4.92 Å². The SMILES string of the molecule is Nc1ccc([N+](=O)[O-])c(Br)c1. The monoisotopic (exact) mass is 216 g/mol. The third kappa shape index (κ3) is 1.68. The molecule has 4 nitrogen and oxygen atoms in total. The van der Waals surface area contributed by atoms with Crippen molar-refractivity contribution in [2.45, 2.75) is 0 Å². The standard InChI is InChI=1S/C6H5BrN2O2/c7-5-3-4(8)1-2-6(5)9(10)11/h1-3H,8H2. The van der Waals surface area contributed by atoms with Gasteiger partial charge in [-0.1, -0.05) is 0 Å². The summed E-state index contributed by atoms with van der Waals surface area (Å²) in [6.07, 6.45) is 0. The minimum Gasteiger partial charge on any atom is -0.399 e. The zero-order valence-corrected chi connectivity index (χ0v) is 7.04. The zero-order valence-electron chi connectivity index (χ0n) is 5.45. The quantitative estimate of drug-likeness (QED) is 0.444. The van der Waals surface area contributed by atoms with Crippen LogP contribution < -0.4 is 5.73 Å². The highest BCUT2D eigenvalue weighted by molar-refractivity contribution is 9.10. The molecule has 2 N–H and O–H groups in total. The van der Waals surface area contributed by atoms with Gasteiger partial charge in [-0.15, -0.1) is 0 Å². The molecule has 0 unspecified atom stereocenters. The Kier molecular flexibility index (Phi) is 2.09. The van der Waals surface area contributed by atoms with Gasteiger partial charge in [0.05, 0.1) is 9.40 Å². The van der Waals surface area contributed by atoms with Crippen LogP contribution in [0.4, 0.5) is 11.4 Å². The van der Waals surface area contributed by atoms with E-state index in [0.717, 1.165) is 0 Å². The molecule has 0 aliphatic rings. The number of halogens is 1. The first kappa shape index (κ1) is 8.00. The predicted molar refractivity (Wildman–Crippen MR) is 45.2 cm³/mol. The molecule has 0 aliphatic heterocycles. The van der Waals surface area contributed by atoms with Gasteiger partial charge in [0.15, 0.2) is 0 Å². The maximum Gasteiger partial charge on any atom is 0.283 e. The van der Waals surface area contributed by atoms with Crippen molar-refractivity contribution in [2.24, 2.45) is 0 Å². The van der Waals surface area contributed by atoms with Crippen molar-refractivity contribution in [3.05, 3.63) is 32.8 Å². The molecule has 0 radical (unpaired) electrons. The fraction of sp³-hybridized carbons (Fsp3) is 0. The minimum atomic E-state index is -0.469. The number of hydrogen-bond donors (Lipinski definition) is 1. The third-order valence-corrected chi connectivity index (χ3v) is 1.80. The number of nitro benzene ring substituents is 1. The van der Waals surface area contributed by atoms with Crippen LogP contribution in [0.5, 0.6) is 0 Å². The van der Waals surface area contributed by atoms with Crippen LogP contribution in [0.15, 0.2) is 22.7 Å². The van der Waals surface area contributed by atoms with Crippen LogP contribution in [0.2, 0.25) is 0 Å². The average molecular weight is 217 g/mol. The molecule has 0 saturated heterocycles. The lowest BCUT2D eigenvalue weighted by Crippen LogP contribution is -1.90. The maximum atomic E-state index is 10.3. The number of nitrogens with zero attached hydrogens (tertiary/aromatic N) is 1. The third-order valence-electron chi connectivity index (χ3n) is 1.17. The number of rotatable bonds is 1. The van der Waals surface area contributed by atoms with Crippen molar-refractivity contribution in [3.63, 3.8) is 0 Å². The molecule has 11 heavy (non-hydrogen) atoms. The van der Waals surface area contributed by atoms with Gasteiger partial charge in [0.25, 0.3) is 5.69 Å². The molecule has 5 heteroatoms. The summed E-state index contributed by atoms with van der Waals surface area (Å²) in [6.45, 7) is 0. The number of anilines is 1. The van der Waals surface area contributed by atoms with Crippen LogP contribution in [0, 0.1) is 10.1 Å². The van der Waals surface area contributed by atoms with Gasteiger partial charge in [-0.05, 0) is 28.1 Å². The number of nitrogen functional groups attached to an aromatic ring is 1. The second kappa shape index (κ2) is 2.87.